The van der Waals surface area contributed by atoms with E-state index in [2.05, 4.69) is 10.6 Å². The molecule has 2 heterocycles. The molecule has 0 aliphatic carbocycles. The number of β-amino-alcohol motifs (C(OH)–C–C–N with tert-alkyl or cyclic N) is 1. The van der Waals surface area contributed by atoms with Crippen molar-refractivity contribution in [3.63, 3.8) is 0 Å². The first kappa shape index (κ1) is 22.3. The lowest BCUT2D eigenvalue weighted by molar-refractivity contribution is 0.0503. The highest BCUT2D eigenvalue weighted by atomic mass is 35.5. The SMILES string of the molecule is CC[C@]1(O)CN(C(=O)Nc2cccc3c2[C@@H](c2cc(F)ccc2Cl)NC3=O)c2ccc(F)cc21. The third-order valence-corrected chi connectivity index (χ3v) is 6.77. The summed E-state index contributed by atoms with van der Waals surface area (Å²) < 4.78 is 27.8. The third-order valence-electron chi connectivity index (χ3n) is 6.43. The van der Waals surface area contributed by atoms with Gasteiger partial charge in [-0.25, -0.2) is 13.6 Å². The number of benzene rings is 3. The van der Waals surface area contributed by atoms with Crippen LogP contribution in [0.4, 0.5) is 25.0 Å². The van der Waals surface area contributed by atoms with E-state index in [-0.39, 0.29) is 23.9 Å². The number of nitrogens with zero attached hydrogens (tertiary/aromatic N) is 1. The second-order valence-electron chi connectivity index (χ2n) is 8.40. The molecule has 3 amide bonds. The van der Waals surface area contributed by atoms with E-state index in [1.54, 1.807) is 25.1 Å². The van der Waals surface area contributed by atoms with E-state index in [0.717, 1.165) is 0 Å². The molecule has 0 bridgehead atoms. The number of halogens is 3. The van der Waals surface area contributed by atoms with Gasteiger partial charge in [-0.3, -0.25) is 9.69 Å². The van der Waals surface area contributed by atoms with Crippen LogP contribution in [0.3, 0.4) is 0 Å². The van der Waals surface area contributed by atoms with E-state index in [4.69, 9.17) is 11.6 Å². The van der Waals surface area contributed by atoms with Crippen LogP contribution in [-0.2, 0) is 5.60 Å². The first-order valence-electron chi connectivity index (χ1n) is 10.7. The number of carbonyl (C=O) groups excluding carboxylic acids is 2. The van der Waals surface area contributed by atoms with Crippen LogP contribution in [0, 0.1) is 11.6 Å². The van der Waals surface area contributed by atoms with Gasteiger partial charge in [0, 0.05) is 33.0 Å². The van der Waals surface area contributed by atoms with Crippen LogP contribution >= 0.6 is 11.6 Å². The van der Waals surface area contributed by atoms with Crippen LogP contribution in [0.1, 0.15) is 46.4 Å². The van der Waals surface area contributed by atoms with Crippen LogP contribution in [0.5, 0.6) is 0 Å². The summed E-state index contributed by atoms with van der Waals surface area (Å²) in [5.74, 6) is -1.39. The van der Waals surface area contributed by atoms with Crippen molar-refractivity contribution in [3.05, 3.63) is 93.5 Å². The fraction of sp³-hybridized carbons (Fsp3) is 0.200. The van der Waals surface area contributed by atoms with Crippen LogP contribution in [0.2, 0.25) is 5.02 Å². The van der Waals surface area contributed by atoms with Gasteiger partial charge in [0.2, 0.25) is 0 Å². The number of rotatable bonds is 3. The largest absolute Gasteiger partial charge is 0.383 e. The maximum atomic E-state index is 14.0. The van der Waals surface area contributed by atoms with Crippen LogP contribution in [-0.4, -0.2) is 23.6 Å². The molecule has 2 aliphatic rings. The Kier molecular flexibility index (Phi) is 5.30. The first-order valence-corrected chi connectivity index (χ1v) is 11.1. The van der Waals surface area contributed by atoms with Gasteiger partial charge >= 0.3 is 6.03 Å². The fourth-order valence-corrected chi connectivity index (χ4v) is 4.87. The zero-order valence-electron chi connectivity index (χ0n) is 18.0. The zero-order valence-corrected chi connectivity index (χ0v) is 18.8. The highest BCUT2D eigenvalue weighted by Gasteiger charge is 2.43. The number of carbonyl (C=O) groups is 2. The minimum atomic E-state index is -1.39. The molecular formula is C25H20ClF2N3O3. The quantitative estimate of drug-likeness (QED) is 0.484. The van der Waals surface area contributed by atoms with Crippen molar-refractivity contribution in [2.45, 2.75) is 25.0 Å². The van der Waals surface area contributed by atoms with Crippen LogP contribution in [0.25, 0.3) is 0 Å². The topological polar surface area (TPSA) is 81.7 Å². The van der Waals surface area contributed by atoms with Gasteiger partial charge in [0.1, 0.15) is 17.2 Å². The summed E-state index contributed by atoms with van der Waals surface area (Å²) in [5.41, 5.74) is 0.830. The highest BCUT2D eigenvalue weighted by Crippen LogP contribution is 2.43. The van der Waals surface area contributed by atoms with E-state index in [9.17, 15) is 23.5 Å². The van der Waals surface area contributed by atoms with Gasteiger partial charge in [-0.15, -0.1) is 0 Å². The number of fused-ring (bicyclic) bond motifs is 2. The van der Waals surface area contributed by atoms with Crippen LogP contribution in [0.15, 0.2) is 54.6 Å². The number of hydrogen-bond donors (Lipinski definition) is 3. The van der Waals surface area contributed by atoms with Gasteiger partial charge < -0.3 is 15.7 Å². The standard InChI is InChI=1S/C25H20ClF2N3O3/c1-2-25(34)12-31(20-9-7-14(28)11-17(20)25)24(33)29-19-5-3-4-15-21(19)22(30-23(15)32)16-10-13(27)6-8-18(16)26/h3-11,22,34H,2,12H2,1H3,(H,29,33)(H,30,32)/t22-,25+/m1/s1. The van der Waals surface area contributed by atoms with E-state index in [1.807, 2.05) is 0 Å². The highest BCUT2D eigenvalue weighted by molar-refractivity contribution is 6.31. The van der Waals surface area contributed by atoms with E-state index < -0.39 is 29.3 Å². The predicted molar refractivity (Wildman–Crippen MR) is 124 cm³/mol. The van der Waals surface area contributed by atoms with Gasteiger partial charge in [-0.05, 0) is 55.0 Å². The molecule has 0 spiro atoms. The third kappa shape index (κ3) is 3.50. The average Bonchev–Trinajstić information content (AvgIpc) is 3.31. The van der Waals surface area contributed by atoms with E-state index in [1.165, 1.54) is 41.3 Å². The summed E-state index contributed by atoms with van der Waals surface area (Å²) in [7, 11) is 0. The lowest BCUT2D eigenvalue weighted by atomic mass is 9.93. The Morgan fingerprint density at radius 2 is 1.94 bits per heavy atom. The van der Waals surface area contributed by atoms with Crippen molar-refractivity contribution in [1.82, 2.24) is 5.32 Å². The number of aliphatic hydroxyl groups is 1. The van der Waals surface area contributed by atoms with Gasteiger partial charge in [-0.2, -0.15) is 0 Å². The smallest absolute Gasteiger partial charge is 0.326 e. The first-order chi connectivity index (χ1) is 16.2. The monoisotopic (exact) mass is 483 g/mol. The van der Waals surface area contributed by atoms with Gasteiger partial charge in [-0.1, -0.05) is 24.6 Å². The summed E-state index contributed by atoms with van der Waals surface area (Å²) in [5, 5.41) is 16.9. The Hall–Kier alpha value is -3.49. The molecule has 174 valence electrons. The molecular weight excluding hydrogens is 464 g/mol. The molecule has 0 radical (unpaired) electrons. The summed E-state index contributed by atoms with van der Waals surface area (Å²) >= 11 is 6.30. The lowest BCUT2D eigenvalue weighted by Crippen LogP contribution is -2.39. The maximum Gasteiger partial charge on any atom is 0.326 e. The van der Waals surface area contributed by atoms with Crippen molar-refractivity contribution in [2.24, 2.45) is 0 Å². The summed E-state index contributed by atoms with van der Waals surface area (Å²) in [4.78, 5) is 27.3. The fourth-order valence-electron chi connectivity index (χ4n) is 4.65. The molecule has 6 nitrogen and oxygen atoms in total. The van der Waals surface area contributed by atoms with Gasteiger partial charge in [0.25, 0.3) is 5.91 Å². The zero-order chi connectivity index (χ0) is 24.2. The molecule has 2 aliphatic heterocycles. The molecule has 0 fully saturated rings. The number of anilines is 2. The molecule has 5 rings (SSSR count). The molecule has 3 N–H and O–H groups in total. The predicted octanol–water partition coefficient (Wildman–Crippen LogP) is 5.10. The van der Waals surface area contributed by atoms with Crippen molar-refractivity contribution >= 4 is 34.9 Å². The normalized spacial score (nSPS) is 20.7. The molecule has 3 aromatic carbocycles. The minimum Gasteiger partial charge on any atom is -0.383 e. The Bertz CT molecular complexity index is 1350. The van der Waals surface area contributed by atoms with Crippen molar-refractivity contribution in [2.75, 3.05) is 16.8 Å². The van der Waals surface area contributed by atoms with Gasteiger partial charge in [0.05, 0.1) is 18.3 Å². The minimum absolute atomic E-state index is 0.0561. The van der Waals surface area contributed by atoms with Crippen molar-refractivity contribution < 1.29 is 23.5 Å². The molecule has 34 heavy (non-hydrogen) atoms. The van der Waals surface area contributed by atoms with E-state index in [0.29, 0.717) is 33.6 Å². The van der Waals surface area contributed by atoms with Gasteiger partial charge in [0.15, 0.2) is 0 Å². The molecule has 0 saturated carbocycles. The van der Waals surface area contributed by atoms with Crippen molar-refractivity contribution in [3.8, 4) is 0 Å². The second kappa shape index (κ2) is 8.07. The summed E-state index contributed by atoms with van der Waals surface area (Å²) in [6, 6.07) is 11.3. The Morgan fingerprint density at radius 1 is 1.21 bits per heavy atom. The molecule has 9 heteroatoms. The molecule has 0 aromatic heterocycles. The Morgan fingerprint density at radius 3 is 2.71 bits per heavy atom. The number of amides is 3. The summed E-state index contributed by atoms with van der Waals surface area (Å²) in [6.07, 6.45) is 0.284. The Labute approximate surface area is 199 Å². The van der Waals surface area contributed by atoms with Crippen LogP contribution < -0.4 is 15.5 Å². The maximum absolute atomic E-state index is 14.0. The number of urea groups is 1. The lowest BCUT2D eigenvalue weighted by Gasteiger charge is -2.24. The molecule has 2 atom stereocenters. The number of nitrogens with one attached hydrogen (secondary N) is 2. The molecule has 0 saturated heterocycles. The molecule has 3 aromatic rings. The second-order valence-corrected chi connectivity index (χ2v) is 8.81. The Balaban J connectivity index is 1.53. The molecule has 0 unspecified atom stereocenters. The number of hydrogen-bond acceptors (Lipinski definition) is 3. The summed E-state index contributed by atoms with van der Waals surface area (Å²) in [6.45, 7) is 1.70. The average molecular weight is 484 g/mol. The van der Waals surface area contributed by atoms with E-state index >= 15 is 0 Å². The van der Waals surface area contributed by atoms with Crippen molar-refractivity contribution in [1.29, 1.82) is 0 Å².